The van der Waals surface area contributed by atoms with Crippen LogP contribution >= 0.6 is 0 Å². The third-order valence-corrected chi connectivity index (χ3v) is 5.09. The normalized spacial score (nSPS) is 14.2. The molecule has 178 valence electrons. The highest BCUT2D eigenvalue weighted by Crippen LogP contribution is 2.37. The number of benzene rings is 1. The first-order valence-corrected chi connectivity index (χ1v) is 10.2. The van der Waals surface area contributed by atoms with E-state index in [1.807, 2.05) is 0 Å². The number of rotatable bonds is 6. The number of hydrogen-bond acceptors (Lipinski definition) is 6. The van der Waals surface area contributed by atoms with Crippen LogP contribution in [0.2, 0.25) is 0 Å². The molecular weight excluding hydrogens is 461 g/mol. The lowest BCUT2D eigenvalue weighted by Gasteiger charge is -2.21. The second-order valence-corrected chi connectivity index (χ2v) is 7.51. The number of amides is 1. The molecule has 3 aromatic rings. The van der Waals surface area contributed by atoms with Crippen LogP contribution in [0.3, 0.4) is 0 Å². The Morgan fingerprint density at radius 3 is 2.24 bits per heavy atom. The molecule has 4 rings (SSSR count). The van der Waals surface area contributed by atoms with E-state index < -0.39 is 23.9 Å². The van der Waals surface area contributed by atoms with Gasteiger partial charge in [0.15, 0.2) is 0 Å². The van der Waals surface area contributed by atoms with Crippen molar-refractivity contribution in [2.24, 2.45) is 0 Å². The molecule has 1 saturated heterocycles. The van der Waals surface area contributed by atoms with Crippen LogP contribution in [0.25, 0.3) is 11.1 Å². The fourth-order valence-corrected chi connectivity index (χ4v) is 3.43. The molecule has 1 aliphatic rings. The van der Waals surface area contributed by atoms with Gasteiger partial charge in [0.2, 0.25) is 0 Å². The molecule has 0 unspecified atom stereocenters. The Kier molecular flexibility index (Phi) is 6.31. The topological polar surface area (TPSA) is 80.2 Å². The van der Waals surface area contributed by atoms with Crippen molar-refractivity contribution in [3.05, 3.63) is 60.8 Å². The SMILES string of the molecule is O=C(Nc1ccc(OC(F)(F)C(F)(F)F)cc1)c1cnc(N2CCCC2)c(-c2cncnc2)c1. The van der Waals surface area contributed by atoms with Gasteiger partial charge in [-0.05, 0) is 43.2 Å². The van der Waals surface area contributed by atoms with Crippen molar-refractivity contribution in [3.63, 3.8) is 0 Å². The van der Waals surface area contributed by atoms with E-state index >= 15 is 0 Å². The summed E-state index contributed by atoms with van der Waals surface area (Å²) < 4.78 is 66.7. The van der Waals surface area contributed by atoms with Crippen LogP contribution in [-0.2, 0) is 0 Å². The average Bonchev–Trinajstić information content (AvgIpc) is 3.34. The van der Waals surface area contributed by atoms with E-state index in [0.717, 1.165) is 50.2 Å². The molecule has 2 aromatic heterocycles. The van der Waals surface area contributed by atoms with Gasteiger partial charge < -0.3 is 15.0 Å². The number of anilines is 2. The average molecular weight is 479 g/mol. The van der Waals surface area contributed by atoms with E-state index in [9.17, 15) is 26.7 Å². The quantitative estimate of drug-likeness (QED) is 0.506. The van der Waals surface area contributed by atoms with Crippen LogP contribution in [0.4, 0.5) is 33.5 Å². The number of ether oxygens (including phenoxy) is 1. The molecule has 0 aliphatic carbocycles. The molecule has 0 bridgehead atoms. The minimum atomic E-state index is -5.85. The maximum absolute atomic E-state index is 13.0. The van der Waals surface area contributed by atoms with Crippen molar-refractivity contribution in [3.8, 4) is 16.9 Å². The summed E-state index contributed by atoms with van der Waals surface area (Å²) >= 11 is 0. The van der Waals surface area contributed by atoms with E-state index in [1.54, 1.807) is 18.5 Å². The van der Waals surface area contributed by atoms with Gasteiger partial charge in [-0.3, -0.25) is 4.79 Å². The molecule has 7 nitrogen and oxygen atoms in total. The number of hydrogen-bond donors (Lipinski definition) is 1. The number of alkyl halides is 5. The predicted octanol–water partition coefficient (Wildman–Crippen LogP) is 4.93. The van der Waals surface area contributed by atoms with E-state index in [4.69, 9.17) is 0 Å². The fraction of sp³-hybridized carbons (Fsp3) is 0.273. The van der Waals surface area contributed by atoms with Gasteiger partial charge >= 0.3 is 12.3 Å². The van der Waals surface area contributed by atoms with Crippen LogP contribution in [-0.4, -0.2) is 46.2 Å². The minimum absolute atomic E-state index is 0.167. The lowest BCUT2D eigenvalue weighted by molar-refractivity contribution is -0.360. The molecule has 1 fully saturated rings. The summed E-state index contributed by atoms with van der Waals surface area (Å²) in [4.78, 5) is 27.4. The maximum atomic E-state index is 13.0. The van der Waals surface area contributed by atoms with Crippen LogP contribution in [0.15, 0.2) is 55.2 Å². The first-order valence-electron chi connectivity index (χ1n) is 10.2. The third-order valence-electron chi connectivity index (χ3n) is 5.09. The standard InChI is InChI=1S/C22H18F5N5O2/c23-21(24,25)22(26,27)34-17-5-3-16(4-6-17)31-20(33)14-9-18(15-10-28-13-29-11-15)19(30-12-14)32-7-1-2-8-32/h3-6,9-13H,1-2,7-8H2,(H,31,33). The number of nitrogens with zero attached hydrogens (tertiary/aromatic N) is 4. The highest BCUT2D eigenvalue weighted by Gasteiger charge is 2.61. The fourth-order valence-electron chi connectivity index (χ4n) is 3.43. The van der Waals surface area contributed by atoms with Crippen LogP contribution in [0.1, 0.15) is 23.2 Å². The van der Waals surface area contributed by atoms with E-state index in [1.165, 1.54) is 12.5 Å². The van der Waals surface area contributed by atoms with Crippen molar-refractivity contribution in [1.29, 1.82) is 0 Å². The Morgan fingerprint density at radius 2 is 1.62 bits per heavy atom. The van der Waals surface area contributed by atoms with Gasteiger partial charge in [-0.2, -0.15) is 22.0 Å². The lowest BCUT2D eigenvalue weighted by atomic mass is 10.1. The van der Waals surface area contributed by atoms with E-state index in [2.05, 4.69) is 29.9 Å². The van der Waals surface area contributed by atoms with Gasteiger partial charge in [-0.25, -0.2) is 15.0 Å². The number of pyridine rings is 1. The number of nitrogens with one attached hydrogen (secondary N) is 1. The van der Waals surface area contributed by atoms with Crippen LogP contribution in [0, 0.1) is 0 Å². The molecule has 0 spiro atoms. The second kappa shape index (κ2) is 9.20. The molecule has 1 aromatic carbocycles. The monoisotopic (exact) mass is 479 g/mol. The molecule has 0 atom stereocenters. The number of carbonyl (C=O) groups excluding carboxylic acids is 1. The summed E-state index contributed by atoms with van der Waals surface area (Å²) in [6.07, 6.45) is -3.10. The summed E-state index contributed by atoms with van der Waals surface area (Å²) in [5.41, 5.74) is 1.73. The molecule has 0 radical (unpaired) electrons. The minimum Gasteiger partial charge on any atom is -0.426 e. The Bertz CT molecular complexity index is 1150. The molecule has 12 heteroatoms. The molecule has 1 N–H and O–H groups in total. The van der Waals surface area contributed by atoms with Gasteiger partial charge in [0.25, 0.3) is 5.91 Å². The zero-order valence-electron chi connectivity index (χ0n) is 17.5. The van der Waals surface area contributed by atoms with Gasteiger partial charge in [0.05, 0.1) is 5.56 Å². The lowest BCUT2D eigenvalue weighted by Crippen LogP contribution is -2.41. The summed E-state index contributed by atoms with van der Waals surface area (Å²) in [5, 5.41) is 2.56. The molecule has 34 heavy (non-hydrogen) atoms. The van der Waals surface area contributed by atoms with Crippen molar-refractivity contribution < 1.29 is 31.5 Å². The summed E-state index contributed by atoms with van der Waals surface area (Å²) in [6.45, 7) is 1.67. The largest absolute Gasteiger partial charge is 0.499 e. The van der Waals surface area contributed by atoms with E-state index in [0.29, 0.717) is 16.9 Å². The molecular formula is C22H18F5N5O2. The molecule has 1 amide bonds. The van der Waals surface area contributed by atoms with Crippen LogP contribution < -0.4 is 15.0 Å². The smallest absolute Gasteiger partial charge is 0.426 e. The predicted molar refractivity (Wildman–Crippen MR) is 113 cm³/mol. The van der Waals surface area contributed by atoms with Crippen molar-refractivity contribution in [2.45, 2.75) is 25.1 Å². The Morgan fingerprint density at radius 1 is 0.971 bits per heavy atom. The Hall–Kier alpha value is -3.83. The number of aromatic nitrogens is 3. The van der Waals surface area contributed by atoms with Crippen molar-refractivity contribution in [1.82, 2.24) is 15.0 Å². The summed E-state index contributed by atoms with van der Waals surface area (Å²) in [5.74, 6) is -0.549. The molecule has 3 heterocycles. The zero-order valence-corrected chi connectivity index (χ0v) is 17.5. The Labute approximate surface area is 190 Å². The highest BCUT2D eigenvalue weighted by atomic mass is 19.4. The van der Waals surface area contributed by atoms with Gasteiger partial charge in [0, 0.05) is 48.5 Å². The van der Waals surface area contributed by atoms with Crippen molar-refractivity contribution >= 4 is 17.4 Å². The summed E-state index contributed by atoms with van der Waals surface area (Å²) in [6, 6.07) is 5.75. The molecule has 0 saturated carbocycles. The van der Waals surface area contributed by atoms with Crippen molar-refractivity contribution in [2.75, 3.05) is 23.3 Å². The third kappa shape index (κ3) is 5.05. The van der Waals surface area contributed by atoms with E-state index in [-0.39, 0.29) is 11.3 Å². The first kappa shape index (κ1) is 23.3. The maximum Gasteiger partial charge on any atom is 0.499 e. The first-order chi connectivity index (χ1) is 16.1. The highest BCUT2D eigenvalue weighted by molar-refractivity contribution is 6.05. The molecule has 1 aliphatic heterocycles. The second-order valence-electron chi connectivity index (χ2n) is 7.51. The zero-order chi connectivity index (χ0) is 24.3. The number of carbonyl (C=O) groups is 1. The van der Waals surface area contributed by atoms with Crippen LogP contribution in [0.5, 0.6) is 5.75 Å². The van der Waals surface area contributed by atoms with Gasteiger partial charge in [0.1, 0.15) is 17.9 Å². The van der Waals surface area contributed by atoms with Gasteiger partial charge in [-0.15, -0.1) is 0 Å². The number of halogens is 5. The Balaban J connectivity index is 1.53. The summed E-state index contributed by atoms with van der Waals surface area (Å²) in [7, 11) is 0. The van der Waals surface area contributed by atoms with Gasteiger partial charge in [-0.1, -0.05) is 0 Å².